The van der Waals surface area contributed by atoms with Crippen molar-refractivity contribution in [3.63, 3.8) is 0 Å². The largest absolute Gasteiger partial charge is 0.306 e. The van der Waals surface area contributed by atoms with Crippen molar-refractivity contribution in [2.24, 2.45) is 0 Å². The first-order chi connectivity index (χ1) is 9.20. The normalized spacial score (nSPS) is 16.6. The van der Waals surface area contributed by atoms with Gasteiger partial charge in [-0.1, -0.05) is 20.8 Å². The van der Waals surface area contributed by atoms with Crippen molar-refractivity contribution in [3.05, 3.63) is 15.6 Å². The lowest BCUT2D eigenvalue weighted by Crippen LogP contribution is -2.28. The van der Waals surface area contributed by atoms with Crippen LogP contribution in [0, 0.1) is 0 Å². The fourth-order valence-electron chi connectivity index (χ4n) is 2.55. The molecule has 1 N–H and O–H groups in total. The maximum absolute atomic E-state index is 4.93. The van der Waals surface area contributed by atoms with Gasteiger partial charge in [-0.3, -0.25) is 0 Å². The van der Waals surface area contributed by atoms with E-state index in [1.165, 1.54) is 54.3 Å². The topological polar surface area (TPSA) is 24.9 Å². The van der Waals surface area contributed by atoms with Crippen LogP contribution in [0.25, 0.3) is 0 Å². The minimum atomic E-state index is 0.453. The van der Waals surface area contributed by atoms with Crippen LogP contribution in [0.4, 0.5) is 0 Å². The Morgan fingerprint density at radius 1 is 1.32 bits per heavy atom. The molecule has 0 aromatic carbocycles. The second-order valence-electron chi connectivity index (χ2n) is 5.49. The molecule has 0 fully saturated rings. The van der Waals surface area contributed by atoms with Gasteiger partial charge in [-0.05, 0) is 43.6 Å². The van der Waals surface area contributed by atoms with E-state index in [0.29, 0.717) is 12.1 Å². The molecule has 1 atom stereocenters. The van der Waals surface area contributed by atoms with Gasteiger partial charge in [0.25, 0.3) is 0 Å². The average Bonchev–Trinajstić information content (AvgIpc) is 2.81. The van der Waals surface area contributed by atoms with Crippen molar-refractivity contribution in [1.82, 2.24) is 10.3 Å². The summed E-state index contributed by atoms with van der Waals surface area (Å²) in [6, 6.07) is 0.979. The maximum atomic E-state index is 4.93. The first kappa shape index (κ1) is 15.3. The van der Waals surface area contributed by atoms with Crippen molar-refractivity contribution in [1.29, 1.82) is 0 Å². The number of hydrogen-bond acceptors (Lipinski definition) is 4. The fourth-order valence-corrected chi connectivity index (χ4v) is 4.49. The van der Waals surface area contributed by atoms with Gasteiger partial charge >= 0.3 is 0 Å². The molecule has 0 amide bonds. The zero-order chi connectivity index (χ0) is 13.7. The van der Waals surface area contributed by atoms with E-state index >= 15 is 0 Å². The Kier molecular flexibility index (Phi) is 6.17. The number of hydrogen-bond donors (Lipinski definition) is 1. The molecule has 1 heterocycles. The van der Waals surface area contributed by atoms with Crippen LogP contribution in [-0.2, 0) is 12.8 Å². The van der Waals surface area contributed by atoms with E-state index in [9.17, 15) is 0 Å². The van der Waals surface area contributed by atoms with Gasteiger partial charge in [0.05, 0.1) is 11.7 Å². The summed E-state index contributed by atoms with van der Waals surface area (Å²) < 4.78 is 0. The van der Waals surface area contributed by atoms with E-state index in [0.717, 1.165) is 0 Å². The lowest BCUT2D eigenvalue weighted by Gasteiger charge is -2.19. The molecule has 0 aliphatic heterocycles. The molecule has 0 spiro atoms. The van der Waals surface area contributed by atoms with E-state index in [4.69, 9.17) is 4.98 Å². The highest BCUT2D eigenvalue weighted by molar-refractivity contribution is 7.99. The van der Waals surface area contributed by atoms with E-state index in [1.54, 1.807) is 4.88 Å². The molecule has 1 unspecified atom stereocenters. The zero-order valence-electron chi connectivity index (χ0n) is 12.4. The second kappa shape index (κ2) is 7.65. The zero-order valence-corrected chi connectivity index (χ0v) is 14.0. The number of nitrogens with zero attached hydrogens (tertiary/aromatic N) is 1. The molecule has 1 aromatic rings. The minimum Gasteiger partial charge on any atom is -0.306 e. The Morgan fingerprint density at radius 2 is 2.11 bits per heavy atom. The predicted octanol–water partition coefficient (Wildman–Crippen LogP) is 4.20. The maximum Gasteiger partial charge on any atom is 0.110 e. The van der Waals surface area contributed by atoms with Crippen molar-refractivity contribution in [2.45, 2.75) is 65.0 Å². The number of fused-ring (bicyclic) bond motifs is 1. The SMILES string of the molecule is CCSCCC(NC(C)C)c1nc2c(s1)CCCC2. The van der Waals surface area contributed by atoms with Crippen LogP contribution >= 0.6 is 23.1 Å². The van der Waals surface area contributed by atoms with Gasteiger partial charge < -0.3 is 5.32 Å². The van der Waals surface area contributed by atoms with Gasteiger partial charge in [0.15, 0.2) is 0 Å². The van der Waals surface area contributed by atoms with Crippen LogP contribution in [0.15, 0.2) is 0 Å². The lowest BCUT2D eigenvalue weighted by molar-refractivity contribution is 0.466. The molecule has 2 nitrogen and oxygen atoms in total. The summed E-state index contributed by atoms with van der Waals surface area (Å²) in [7, 11) is 0. The first-order valence-corrected chi connectivity index (χ1v) is 9.50. The Balaban J connectivity index is 2.05. The molecule has 1 aliphatic rings. The highest BCUT2D eigenvalue weighted by atomic mass is 32.2. The number of aryl methyl sites for hydroxylation is 2. The molecule has 108 valence electrons. The Morgan fingerprint density at radius 3 is 2.79 bits per heavy atom. The third-order valence-electron chi connectivity index (χ3n) is 3.45. The van der Waals surface area contributed by atoms with Crippen molar-refractivity contribution < 1.29 is 0 Å². The van der Waals surface area contributed by atoms with Crippen LogP contribution in [-0.4, -0.2) is 22.5 Å². The third-order valence-corrected chi connectivity index (χ3v) is 5.65. The van der Waals surface area contributed by atoms with Gasteiger partial charge in [0.2, 0.25) is 0 Å². The summed E-state index contributed by atoms with van der Waals surface area (Å²) >= 11 is 3.99. The van der Waals surface area contributed by atoms with Crippen molar-refractivity contribution in [3.8, 4) is 0 Å². The molecule has 0 radical (unpaired) electrons. The van der Waals surface area contributed by atoms with E-state index in [2.05, 4.69) is 26.1 Å². The molecule has 0 saturated carbocycles. The average molecular weight is 299 g/mol. The van der Waals surface area contributed by atoms with Gasteiger partial charge in [0, 0.05) is 10.9 Å². The van der Waals surface area contributed by atoms with Crippen LogP contribution in [0.3, 0.4) is 0 Å². The van der Waals surface area contributed by atoms with Crippen LogP contribution in [0.5, 0.6) is 0 Å². The molecule has 2 rings (SSSR count). The van der Waals surface area contributed by atoms with Crippen molar-refractivity contribution in [2.75, 3.05) is 11.5 Å². The highest BCUT2D eigenvalue weighted by Crippen LogP contribution is 2.31. The summed E-state index contributed by atoms with van der Waals surface area (Å²) in [5, 5.41) is 5.03. The molecule has 4 heteroatoms. The Labute approximate surface area is 125 Å². The minimum absolute atomic E-state index is 0.453. The summed E-state index contributed by atoms with van der Waals surface area (Å²) in [6.45, 7) is 6.69. The summed E-state index contributed by atoms with van der Waals surface area (Å²) in [5.41, 5.74) is 1.39. The Bertz CT molecular complexity index is 364. The number of rotatable bonds is 7. The molecule has 0 saturated heterocycles. The summed E-state index contributed by atoms with van der Waals surface area (Å²) in [6.07, 6.45) is 6.32. The molecule has 1 aromatic heterocycles. The smallest absolute Gasteiger partial charge is 0.110 e. The quantitative estimate of drug-likeness (QED) is 0.764. The van der Waals surface area contributed by atoms with Crippen LogP contribution in [0.2, 0.25) is 0 Å². The van der Waals surface area contributed by atoms with E-state index in [-0.39, 0.29) is 0 Å². The van der Waals surface area contributed by atoms with Gasteiger partial charge in [-0.25, -0.2) is 4.98 Å². The molecule has 1 aliphatic carbocycles. The molecular weight excluding hydrogens is 272 g/mol. The predicted molar refractivity (Wildman–Crippen MR) is 87.4 cm³/mol. The van der Waals surface area contributed by atoms with Gasteiger partial charge in [-0.15, -0.1) is 11.3 Å². The molecule has 19 heavy (non-hydrogen) atoms. The fraction of sp³-hybridized carbons (Fsp3) is 0.800. The molecule has 0 bridgehead atoms. The number of nitrogens with one attached hydrogen (secondary N) is 1. The highest BCUT2D eigenvalue weighted by Gasteiger charge is 2.21. The van der Waals surface area contributed by atoms with Crippen LogP contribution < -0.4 is 5.32 Å². The third kappa shape index (κ3) is 4.47. The van der Waals surface area contributed by atoms with Crippen molar-refractivity contribution >= 4 is 23.1 Å². The number of thiazole rings is 1. The van der Waals surface area contributed by atoms with E-state index in [1.807, 2.05) is 23.1 Å². The summed E-state index contributed by atoms with van der Waals surface area (Å²) in [4.78, 5) is 6.49. The Hall–Kier alpha value is -0.0600. The number of thioether (sulfide) groups is 1. The number of aromatic nitrogens is 1. The second-order valence-corrected chi connectivity index (χ2v) is 8.00. The van der Waals surface area contributed by atoms with Crippen LogP contribution in [0.1, 0.15) is 61.7 Å². The monoisotopic (exact) mass is 298 g/mol. The van der Waals surface area contributed by atoms with Gasteiger partial charge in [0.1, 0.15) is 5.01 Å². The molecular formula is C15H26N2S2. The van der Waals surface area contributed by atoms with Gasteiger partial charge in [-0.2, -0.15) is 11.8 Å². The van der Waals surface area contributed by atoms with E-state index < -0.39 is 0 Å². The standard InChI is InChI=1S/C15H26N2S2/c1-4-18-10-9-13(16-11(2)3)15-17-12-7-5-6-8-14(12)19-15/h11,13,16H,4-10H2,1-3H3. The lowest BCUT2D eigenvalue weighted by atomic mass is 10.0. The summed E-state index contributed by atoms with van der Waals surface area (Å²) in [5.74, 6) is 2.44. The first-order valence-electron chi connectivity index (χ1n) is 7.53.